The maximum Gasteiger partial charge on any atom is 0.226 e. The van der Waals surface area contributed by atoms with Crippen LogP contribution in [0.3, 0.4) is 0 Å². The normalized spacial score (nSPS) is 17.1. The minimum absolute atomic E-state index is 0.187. The first-order valence-electron chi connectivity index (χ1n) is 4.47. The third-order valence-electron chi connectivity index (χ3n) is 2.42. The van der Waals surface area contributed by atoms with Gasteiger partial charge in [-0.05, 0) is 12.8 Å². The quantitative estimate of drug-likeness (QED) is 0.588. The molecule has 1 aliphatic rings. The first-order valence-corrected chi connectivity index (χ1v) is 4.47. The number of anilines is 1. The summed E-state index contributed by atoms with van der Waals surface area (Å²) in [6.07, 6.45) is 4.36. The van der Waals surface area contributed by atoms with Crippen molar-refractivity contribution in [3.05, 3.63) is 11.9 Å². The van der Waals surface area contributed by atoms with E-state index in [0.717, 1.165) is 24.2 Å². The van der Waals surface area contributed by atoms with Crippen LogP contribution in [0.1, 0.15) is 18.5 Å². The van der Waals surface area contributed by atoms with Gasteiger partial charge in [0, 0.05) is 26.7 Å². The Morgan fingerprint density at radius 2 is 2.15 bits per heavy atom. The van der Waals surface area contributed by atoms with Crippen molar-refractivity contribution < 1.29 is 4.79 Å². The van der Waals surface area contributed by atoms with Crippen molar-refractivity contribution in [2.75, 3.05) is 11.9 Å². The number of rotatable bonds is 0. The van der Waals surface area contributed by atoms with Gasteiger partial charge >= 0.3 is 0 Å². The molecule has 2 rings (SSSR count). The molecule has 1 aliphatic heterocycles. The zero-order valence-electron chi connectivity index (χ0n) is 7.95. The van der Waals surface area contributed by atoms with Gasteiger partial charge in [-0.25, -0.2) is 0 Å². The third-order valence-corrected chi connectivity index (χ3v) is 2.42. The molecule has 1 amide bonds. The van der Waals surface area contributed by atoms with Crippen LogP contribution in [0.25, 0.3) is 0 Å². The largest absolute Gasteiger partial charge is 0.312 e. The predicted octanol–water partition coefficient (Wildman–Crippen LogP) is 0.719. The highest BCUT2D eigenvalue weighted by atomic mass is 16.2. The molecule has 0 aliphatic carbocycles. The van der Waals surface area contributed by atoms with Crippen LogP contribution in [0.5, 0.6) is 0 Å². The van der Waals surface area contributed by atoms with E-state index in [0.29, 0.717) is 6.42 Å². The molecule has 0 radical (unpaired) electrons. The fourth-order valence-electron chi connectivity index (χ4n) is 1.69. The van der Waals surface area contributed by atoms with Gasteiger partial charge in [0.15, 0.2) is 0 Å². The highest BCUT2D eigenvalue weighted by molar-refractivity contribution is 5.93. The molecule has 0 fully saturated rings. The Labute approximate surface area is 77.1 Å². The Balaban J connectivity index is 2.44. The SMILES string of the molecule is CN1C(=O)CCCc2nn(C)cc21. The lowest BCUT2D eigenvalue weighted by molar-refractivity contribution is -0.118. The first-order chi connectivity index (χ1) is 6.18. The van der Waals surface area contributed by atoms with Gasteiger partial charge in [-0.1, -0.05) is 0 Å². The molecule has 0 unspecified atom stereocenters. The number of carbonyl (C=O) groups excluding carboxylic acids is 1. The number of aromatic nitrogens is 2. The number of carbonyl (C=O) groups is 1. The molecule has 0 saturated heterocycles. The van der Waals surface area contributed by atoms with E-state index in [2.05, 4.69) is 5.10 Å². The zero-order valence-corrected chi connectivity index (χ0v) is 7.95. The van der Waals surface area contributed by atoms with E-state index < -0.39 is 0 Å². The van der Waals surface area contributed by atoms with Crippen molar-refractivity contribution in [2.24, 2.45) is 7.05 Å². The highest BCUT2D eigenvalue weighted by Crippen LogP contribution is 2.23. The summed E-state index contributed by atoms with van der Waals surface area (Å²) in [5, 5.41) is 4.32. The second kappa shape index (κ2) is 2.87. The van der Waals surface area contributed by atoms with Crippen LogP contribution in [0.15, 0.2) is 6.20 Å². The van der Waals surface area contributed by atoms with E-state index in [4.69, 9.17) is 0 Å². The van der Waals surface area contributed by atoms with Crippen molar-refractivity contribution in [3.63, 3.8) is 0 Å². The maximum absolute atomic E-state index is 11.5. The number of nitrogens with zero attached hydrogens (tertiary/aromatic N) is 3. The van der Waals surface area contributed by atoms with Crippen molar-refractivity contribution in [2.45, 2.75) is 19.3 Å². The summed E-state index contributed by atoms with van der Waals surface area (Å²) < 4.78 is 1.76. The molecule has 0 bridgehead atoms. The molecule has 0 spiro atoms. The second-order valence-corrected chi connectivity index (χ2v) is 3.44. The lowest BCUT2D eigenvalue weighted by Crippen LogP contribution is -2.24. The van der Waals surface area contributed by atoms with Gasteiger partial charge in [0.1, 0.15) is 0 Å². The molecule has 0 N–H and O–H groups in total. The molecule has 0 aromatic carbocycles. The van der Waals surface area contributed by atoms with E-state index in [9.17, 15) is 4.79 Å². The fraction of sp³-hybridized carbons (Fsp3) is 0.556. The van der Waals surface area contributed by atoms with Crippen molar-refractivity contribution in [3.8, 4) is 0 Å². The van der Waals surface area contributed by atoms with Crippen molar-refractivity contribution in [1.29, 1.82) is 0 Å². The highest BCUT2D eigenvalue weighted by Gasteiger charge is 2.20. The monoisotopic (exact) mass is 179 g/mol. The average molecular weight is 179 g/mol. The molecular formula is C9H13N3O. The van der Waals surface area contributed by atoms with Gasteiger partial charge in [-0.15, -0.1) is 0 Å². The topological polar surface area (TPSA) is 38.1 Å². The van der Waals surface area contributed by atoms with E-state index in [1.165, 1.54) is 0 Å². The van der Waals surface area contributed by atoms with Crippen LogP contribution >= 0.6 is 0 Å². The Bertz CT molecular complexity index is 343. The number of hydrogen-bond acceptors (Lipinski definition) is 2. The van der Waals surface area contributed by atoms with E-state index >= 15 is 0 Å². The molecule has 4 nitrogen and oxygen atoms in total. The molecular weight excluding hydrogens is 166 g/mol. The summed E-state index contributed by atoms with van der Waals surface area (Å²) in [5.74, 6) is 0.187. The number of fused-ring (bicyclic) bond motifs is 1. The van der Waals surface area contributed by atoms with E-state index in [-0.39, 0.29) is 5.91 Å². The third kappa shape index (κ3) is 1.32. The van der Waals surface area contributed by atoms with Gasteiger partial charge in [-0.2, -0.15) is 5.10 Å². The summed E-state index contributed by atoms with van der Waals surface area (Å²) >= 11 is 0. The van der Waals surface area contributed by atoms with Crippen LogP contribution < -0.4 is 4.90 Å². The average Bonchev–Trinajstić information content (AvgIpc) is 2.40. The van der Waals surface area contributed by atoms with Gasteiger partial charge in [0.05, 0.1) is 11.4 Å². The molecule has 1 aromatic heterocycles. The van der Waals surface area contributed by atoms with Gasteiger partial charge in [0.2, 0.25) is 5.91 Å². The summed E-state index contributed by atoms with van der Waals surface area (Å²) in [6, 6.07) is 0. The van der Waals surface area contributed by atoms with Crippen LogP contribution in [0.4, 0.5) is 5.69 Å². The van der Waals surface area contributed by atoms with Crippen molar-refractivity contribution in [1.82, 2.24) is 9.78 Å². The van der Waals surface area contributed by atoms with Crippen LogP contribution in [0.2, 0.25) is 0 Å². The zero-order chi connectivity index (χ0) is 9.42. The molecule has 0 atom stereocenters. The number of amides is 1. The van der Waals surface area contributed by atoms with Gasteiger partial charge < -0.3 is 4.90 Å². The van der Waals surface area contributed by atoms with Crippen molar-refractivity contribution >= 4 is 11.6 Å². The molecule has 0 saturated carbocycles. The standard InChI is InChI=1S/C9H13N3O/c1-11-6-8-7(10-11)4-3-5-9(13)12(8)2/h6H,3-5H2,1-2H3. The van der Waals surface area contributed by atoms with Gasteiger partial charge in [-0.3, -0.25) is 9.48 Å². The van der Waals surface area contributed by atoms with Gasteiger partial charge in [0.25, 0.3) is 0 Å². The predicted molar refractivity (Wildman–Crippen MR) is 49.6 cm³/mol. The van der Waals surface area contributed by atoms with E-state index in [1.807, 2.05) is 20.3 Å². The minimum atomic E-state index is 0.187. The lowest BCUT2D eigenvalue weighted by Gasteiger charge is -2.12. The minimum Gasteiger partial charge on any atom is -0.312 e. The number of hydrogen-bond donors (Lipinski definition) is 0. The Morgan fingerprint density at radius 3 is 2.92 bits per heavy atom. The molecule has 4 heteroatoms. The Hall–Kier alpha value is -1.32. The number of aryl methyl sites for hydroxylation is 2. The van der Waals surface area contributed by atoms with Crippen LogP contribution in [-0.2, 0) is 18.3 Å². The molecule has 13 heavy (non-hydrogen) atoms. The van der Waals surface area contributed by atoms with Crippen LogP contribution in [0, 0.1) is 0 Å². The lowest BCUT2D eigenvalue weighted by atomic mass is 10.2. The summed E-state index contributed by atoms with van der Waals surface area (Å²) in [5.41, 5.74) is 2.00. The smallest absolute Gasteiger partial charge is 0.226 e. The fourth-order valence-corrected chi connectivity index (χ4v) is 1.69. The second-order valence-electron chi connectivity index (χ2n) is 3.44. The molecule has 70 valence electrons. The first kappa shape index (κ1) is 8.29. The summed E-state index contributed by atoms with van der Waals surface area (Å²) in [6.45, 7) is 0. The van der Waals surface area contributed by atoms with E-state index in [1.54, 1.807) is 9.58 Å². The molecule has 1 aromatic rings. The Kier molecular flexibility index (Phi) is 1.83. The van der Waals surface area contributed by atoms with Crippen LogP contribution in [-0.4, -0.2) is 22.7 Å². The summed E-state index contributed by atoms with van der Waals surface area (Å²) in [7, 11) is 3.70. The Morgan fingerprint density at radius 1 is 1.38 bits per heavy atom. The summed E-state index contributed by atoms with van der Waals surface area (Å²) in [4.78, 5) is 13.2. The molecule has 2 heterocycles. The maximum atomic E-state index is 11.5.